The fourth-order valence-electron chi connectivity index (χ4n) is 1.73. The minimum Gasteiger partial charge on any atom is -0.271 e. The maximum atomic E-state index is 11.7. The van der Waals surface area contributed by atoms with Crippen LogP contribution in [0.15, 0.2) is 30.3 Å². The van der Waals surface area contributed by atoms with Gasteiger partial charge in [0.05, 0.1) is 4.92 Å². The number of benzene rings is 1. The monoisotopic (exact) mass is 249 g/mol. The number of amides is 4. The van der Waals surface area contributed by atoms with Gasteiger partial charge in [0.15, 0.2) is 0 Å². The number of nitro groups is 1. The summed E-state index contributed by atoms with van der Waals surface area (Å²) in [7, 11) is 0. The number of carbonyl (C=O) groups is 3. The highest BCUT2D eigenvalue weighted by atomic mass is 16.6. The van der Waals surface area contributed by atoms with E-state index in [-0.39, 0.29) is 5.56 Å². The topological polar surface area (TPSA) is 118 Å². The fraction of sp³-hybridized carbons (Fsp3) is 0.100. The van der Waals surface area contributed by atoms with E-state index in [1.165, 1.54) is 24.3 Å². The lowest BCUT2D eigenvalue weighted by Crippen LogP contribution is -2.67. The van der Waals surface area contributed by atoms with Gasteiger partial charge in [-0.25, -0.2) is 4.79 Å². The Morgan fingerprint density at radius 1 is 1.00 bits per heavy atom. The molecule has 1 heterocycles. The highest BCUT2D eigenvalue weighted by molar-refractivity contribution is 6.21. The van der Waals surface area contributed by atoms with Crippen LogP contribution in [0.5, 0.6) is 0 Å². The van der Waals surface area contributed by atoms with Crippen molar-refractivity contribution < 1.29 is 19.3 Å². The number of hydrogen-bond acceptors (Lipinski definition) is 5. The molecule has 0 atom stereocenters. The van der Waals surface area contributed by atoms with E-state index in [0.29, 0.717) is 0 Å². The lowest BCUT2D eigenvalue weighted by molar-refractivity contribution is -0.544. The Kier molecular flexibility index (Phi) is 2.55. The first-order valence-electron chi connectivity index (χ1n) is 4.86. The molecule has 1 aliphatic heterocycles. The summed E-state index contributed by atoms with van der Waals surface area (Å²) < 4.78 is 0. The van der Waals surface area contributed by atoms with Gasteiger partial charge in [0.1, 0.15) is 0 Å². The smallest absolute Gasteiger partial charge is 0.271 e. The van der Waals surface area contributed by atoms with Crippen molar-refractivity contribution in [3.05, 3.63) is 46.0 Å². The zero-order chi connectivity index (χ0) is 13.3. The molecule has 4 amide bonds. The molecule has 0 bridgehead atoms. The molecule has 0 unspecified atom stereocenters. The highest BCUT2D eigenvalue weighted by Crippen LogP contribution is 2.27. The molecule has 0 spiro atoms. The van der Waals surface area contributed by atoms with E-state index < -0.39 is 28.3 Å². The predicted octanol–water partition coefficient (Wildman–Crippen LogP) is -0.475. The van der Waals surface area contributed by atoms with Gasteiger partial charge >= 0.3 is 23.4 Å². The summed E-state index contributed by atoms with van der Waals surface area (Å²) in [5.74, 6) is -2.54. The summed E-state index contributed by atoms with van der Waals surface area (Å²) in [6.45, 7) is 0. The van der Waals surface area contributed by atoms with Crippen molar-refractivity contribution in [2.75, 3.05) is 0 Å². The summed E-state index contributed by atoms with van der Waals surface area (Å²) in [5.41, 5.74) is -2.74. The number of nitrogens with one attached hydrogen (secondary N) is 2. The average Bonchev–Trinajstić information content (AvgIpc) is 2.29. The molecule has 1 saturated heterocycles. The van der Waals surface area contributed by atoms with Crippen LogP contribution in [0.4, 0.5) is 4.79 Å². The Morgan fingerprint density at radius 3 is 1.94 bits per heavy atom. The van der Waals surface area contributed by atoms with Crippen LogP contribution in [0.2, 0.25) is 0 Å². The molecule has 92 valence electrons. The quantitative estimate of drug-likeness (QED) is 0.417. The largest absolute Gasteiger partial charge is 0.400 e. The van der Waals surface area contributed by atoms with Crippen molar-refractivity contribution >= 4 is 17.8 Å². The molecule has 0 aliphatic carbocycles. The second-order valence-electron chi connectivity index (χ2n) is 3.57. The van der Waals surface area contributed by atoms with E-state index in [1.807, 2.05) is 0 Å². The highest BCUT2D eigenvalue weighted by Gasteiger charge is 2.63. The number of barbiturate groups is 1. The molecule has 0 radical (unpaired) electrons. The lowest BCUT2D eigenvalue weighted by Gasteiger charge is -2.26. The summed E-state index contributed by atoms with van der Waals surface area (Å²) in [6, 6.07) is 5.98. The molecule has 18 heavy (non-hydrogen) atoms. The summed E-state index contributed by atoms with van der Waals surface area (Å²) in [4.78, 5) is 44.6. The van der Waals surface area contributed by atoms with Crippen molar-refractivity contribution in [1.29, 1.82) is 0 Å². The van der Waals surface area contributed by atoms with Crippen LogP contribution in [-0.2, 0) is 15.1 Å². The minimum absolute atomic E-state index is 0.113. The fourth-order valence-corrected chi connectivity index (χ4v) is 1.73. The second kappa shape index (κ2) is 3.91. The molecule has 0 aromatic heterocycles. The number of urea groups is 1. The molecular weight excluding hydrogens is 242 g/mol. The maximum absolute atomic E-state index is 11.7. The third-order valence-electron chi connectivity index (χ3n) is 2.58. The Labute approximate surface area is 100 Å². The van der Waals surface area contributed by atoms with Crippen LogP contribution in [0.3, 0.4) is 0 Å². The van der Waals surface area contributed by atoms with Crippen LogP contribution in [0, 0.1) is 10.1 Å². The van der Waals surface area contributed by atoms with E-state index in [9.17, 15) is 24.5 Å². The molecule has 0 saturated carbocycles. The number of imide groups is 2. The first kappa shape index (κ1) is 11.7. The molecule has 1 aliphatic rings. The molecule has 1 aromatic rings. The SMILES string of the molecule is O=C1NC(=O)C(c2ccccc2)([N+](=O)[O-])C(=O)N1. The van der Waals surface area contributed by atoms with Crippen molar-refractivity contribution in [2.45, 2.75) is 5.54 Å². The van der Waals surface area contributed by atoms with Crippen LogP contribution in [0.25, 0.3) is 0 Å². The number of nitrogens with zero attached hydrogens (tertiary/aromatic N) is 1. The van der Waals surface area contributed by atoms with Gasteiger partial charge in [0.25, 0.3) is 0 Å². The van der Waals surface area contributed by atoms with Crippen molar-refractivity contribution in [3.8, 4) is 0 Å². The molecule has 2 N–H and O–H groups in total. The third kappa shape index (κ3) is 1.43. The summed E-state index contributed by atoms with van der Waals surface area (Å²) >= 11 is 0. The second-order valence-corrected chi connectivity index (χ2v) is 3.57. The normalized spacial score (nSPS) is 17.9. The van der Waals surface area contributed by atoms with Gasteiger partial charge in [-0.3, -0.25) is 30.3 Å². The van der Waals surface area contributed by atoms with Crippen LogP contribution >= 0.6 is 0 Å². The summed E-state index contributed by atoms with van der Waals surface area (Å²) in [5, 5.41) is 14.6. The molecular formula is C10H7N3O5. The maximum Gasteiger partial charge on any atom is 0.400 e. The van der Waals surface area contributed by atoms with Crippen LogP contribution in [-0.4, -0.2) is 22.8 Å². The van der Waals surface area contributed by atoms with E-state index in [4.69, 9.17) is 0 Å². The molecule has 1 aromatic carbocycles. The zero-order valence-corrected chi connectivity index (χ0v) is 8.88. The molecule has 8 nitrogen and oxygen atoms in total. The minimum atomic E-state index is -2.63. The van der Waals surface area contributed by atoms with Gasteiger partial charge in [-0.1, -0.05) is 30.3 Å². The van der Waals surface area contributed by atoms with Gasteiger partial charge in [0.2, 0.25) is 0 Å². The van der Waals surface area contributed by atoms with E-state index in [1.54, 1.807) is 16.7 Å². The third-order valence-corrected chi connectivity index (χ3v) is 2.58. The van der Waals surface area contributed by atoms with Gasteiger partial charge in [-0.05, 0) is 0 Å². The van der Waals surface area contributed by atoms with E-state index in [0.717, 1.165) is 0 Å². The van der Waals surface area contributed by atoms with Gasteiger partial charge in [-0.15, -0.1) is 0 Å². The molecule has 1 fully saturated rings. The van der Waals surface area contributed by atoms with Crippen LogP contribution in [0.1, 0.15) is 5.56 Å². The summed E-state index contributed by atoms with van der Waals surface area (Å²) in [6.07, 6.45) is 0. The number of carbonyl (C=O) groups excluding carboxylic acids is 3. The van der Waals surface area contributed by atoms with Gasteiger partial charge < -0.3 is 0 Å². The standard InChI is InChI=1S/C10H7N3O5/c14-7-10(13(17)18,6-4-2-1-3-5-6)8(15)12-9(16)11-7/h1-5H,(H2,11,12,14,15,16). The van der Waals surface area contributed by atoms with Crippen LogP contribution < -0.4 is 10.6 Å². The molecule has 8 heteroatoms. The van der Waals surface area contributed by atoms with Crippen molar-refractivity contribution in [2.24, 2.45) is 0 Å². The predicted molar refractivity (Wildman–Crippen MR) is 56.8 cm³/mol. The average molecular weight is 249 g/mol. The first-order chi connectivity index (χ1) is 8.49. The number of hydrogen-bond donors (Lipinski definition) is 2. The Morgan fingerprint density at radius 2 is 1.50 bits per heavy atom. The number of rotatable bonds is 2. The first-order valence-corrected chi connectivity index (χ1v) is 4.86. The molecule has 2 rings (SSSR count). The van der Waals surface area contributed by atoms with E-state index >= 15 is 0 Å². The van der Waals surface area contributed by atoms with Crippen molar-refractivity contribution in [3.63, 3.8) is 0 Å². The Balaban J connectivity index is 2.65. The zero-order valence-electron chi connectivity index (χ0n) is 8.88. The van der Waals surface area contributed by atoms with Crippen molar-refractivity contribution in [1.82, 2.24) is 10.6 Å². The van der Waals surface area contributed by atoms with Gasteiger partial charge in [0, 0.05) is 5.56 Å². The van der Waals surface area contributed by atoms with Gasteiger partial charge in [-0.2, -0.15) is 0 Å². The lowest BCUT2D eigenvalue weighted by atomic mass is 9.87. The Bertz CT molecular complexity index is 534. The van der Waals surface area contributed by atoms with E-state index in [2.05, 4.69) is 0 Å². The Hall–Kier alpha value is -2.77.